The van der Waals surface area contributed by atoms with E-state index in [1.807, 2.05) is 6.08 Å². The van der Waals surface area contributed by atoms with E-state index in [0.717, 1.165) is 28.9 Å². The molecule has 1 aliphatic rings. The Kier molecular flexibility index (Phi) is 5.01. The fourth-order valence-electron chi connectivity index (χ4n) is 1.60. The number of nitrogens with one attached hydrogen (secondary N) is 2. The largest absolute Gasteiger partial charge is 0.313 e. The second-order valence-corrected chi connectivity index (χ2v) is 9.31. The number of hydrogen-bond acceptors (Lipinski definition) is 4. The first-order valence-electron chi connectivity index (χ1n) is 5.32. The first kappa shape index (κ1) is 14.7. The zero-order valence-corrected chi connectivity index (χ0v) is 14.2. The van der Waals surface area contributed by atoms with E-state index in [-0.39, 0.29) is 4.90 Å². The lowest BCUT2D eigenvalue weighted by Gasteiger charge is -2.14. The molecule has 100 valence electrons. The molecule has 8 heteroatoms. The van der Waals surface area contributed by atoms with Gasteiger partial charge in [-0.2, -0.15) is 0 Å². The molecular formula is C10H12Br2N2O2S2. The minimum Gasteiger partial charge on any atom is -0.313 e. The van der Waals surface area contributed by atoms with Gasteiger partial charge in [-0.3, -0.25) is 0 Å². The average molecular weight is 416 g/mol. The fourth-order valence-corrected chi connectivity index (χ4v) is 6.45. The third-order valence-corrected chi connectivity index (χ3v) is 6.72. The molecule has 2 rings (SSSR count). The van der Waals surface area contributed by atoms with Crippen LogP contribution in [0.4, 0.5) is 0 Å². The molecule has 1 aliphatic heterocycles. The third kappa shape index (κ3) is 3.64. The van der Waals surface area contributed by atoms with Crippen molar-refractivity contribution in [2.45, 2.75) is 11.3 Å². The second-order valence-electron chi connectivity index (χ2n) is 3.83. The second kappa shape index (κ2) is 6.15. The Morgan fingerprint density at radius 1 is 1.44 bits per heavy atom. The summed E-state index contributed by atoms with van der Waals surface area (Å²) in [6.45, 7) is 2.09. The SMILES string of the molecule is O=S(=O)(NCC1=CCNCC1)c1cc(Br)sc1Br. The van der Waals surface area contributed by atoms with Crippen molar-refractivity contribution >= 4 is 53.2 Å². The molecule has 2 N–H and O–H groups in total. The number of thiophene rings is 1. The fraction of sp³-hybridized carbons (Fsp3) is 0.400. The molecule has 18 heavy (non-hydrogen) atoms. The lowest BCUT2D eigenvalue weighted by molar-refractivity contribution is 0.582. The zero-order chi connectivity index (χ0) is 13.2. The summed E-state index contributed by atoms with van der Waals surface area (Å²) in [7, 11) is -3.45. The van der Waals surface area contributed by atoms with Gasteiger partial charge in [-0.1, -0.05) is 11.6 Å². The molecule has 4 nitrogen and oxygen atoms in total. The summed E-state index contributed by atoms with van der Waals surface area (Å²) in [5.41, 5.74) is 1.13. The number of halogens is 2. The van der Waals surface area contributed by atoms with Gasteiger partial charge < -0.3 is 5.32 Å². The summed E-state index contributed by atoms with van der Waals surface area (Å²) in [4.78, 5) is 0.286. The molecule has 0 bridgehead atoms. The summed E-state index contributed by atoms with van der Waals surface area (Å²) in [6, 6.07) is 1.61. The Bertz CT molecular complexity index is 566. The predicted octanol–water partition coefficient (Wildman–Crippen LogP) is 2.47. The first-order chi connectivity index (χ1) is 8.49. The Morgan fingerprint density at radius 2 is 2.22 bits per heavy atom. The van der Waals surface area contributed by atoms with Crippen LogP contribution >= 0.6 is 43.2 Å². The Hall–Kier alpha value is 0.270. The lowest BCUT2D eigenvalue weighted by atomic mass is 10.1. The van der Waals surface area contributed by atoms with Crippen LogP contribution in [0, 0.1) is 0 Å². The highest BCUT2D eigenvalue weighted by Crippen LogP contribution is 2.34. The summed E-state index contributed by atoms with van der Waals surface area (Å²) in [5, 5.41) is 3.19. The van der Waals surface area contributed by atoms with Crippen molar-refractivity contribution in [3.8, 4) is 0 Å². The lowest BCUT2D eigenvalue weighted by Crippen LogP contribution is -2.29. The van der Waals surface area contributed by atoms with Gasteiger partial charge in [0.15, 0.2) is 0 Å². The van der Waals surface area contributed by atoms with Gasteiger partial charge in [-0.05, 0) is 50.9 Å². The minimum absolute atomic E-state index is 0.286. The standard InChI is InChI=1S/C10H12Br2N2O2S2/c11-9-5-8(10(12)17-9)18(15,16)14-6-7-1-3-13-4-2-7/h1,5,13-14H,2-4,6H2. The van der Waals surface area contributed by atoms with Crippen LogP contribution in [0.25, 0.3) is 0 Å². The van der Waals surface area contributed by atoms with Gasteiger partial charge in [0, 0.05) is 13.1 Å². The van der Waals surface area contributed by atoms with E-state index in [9.17, 15) is 8.42 Å². The predicted molar refractivity (Wildman–Crippen MR) is 80.5 cm³/mol. The summed E-state index contributed by atoms with van der Waals surface area (Å²) >= 11 is 7.89. The van der Waals surface area contributed by atoms with Crippen molar-refractivity contribution in [1.82, 2.24) is 10.0 Å². The topological polar surface area (TPSA) is 58.2 Å². The van der Waals surface area contributed by atoms with E-state index >= 15 is 0 Å². The van der Waals surface area contributed by atoms with Crippen LogP contribution in [0.3, 0.4) is 0 Å². The van der Waals surface area contributed by atoms with Crippen molar-refractivity contribution in [3.63, 3.8) is 0 Å². The van der Waals surface area contributed by atoms with E-state index in [2.05, 4.69) is 41.9 Å². The maximum absolute atomic E-state index is 12.1. The number of hydrogen-bond donors (Lipinski definition) is 2. The van der Waals surface area contributed by atoms with E-state index in [0.29, 0.717) is 10.3 Å². The molecule has 2 heterocycles. The van der Waals surface area contributed by atoms with Crippen molar-refractivity contribution in [1.29, 1.82) is 0 Å². The van der Waals surface area contributed by atoms with Crippen LogP contribution in [-0.4, -0.2) is 28.1 Å². The highest BCUT2D eigenvalue weighted by Gasteiger charge is 2.20. The van der Waals surface area contributed by atoms with Crippen molar-refractivity contribution in [2.24, 2.45) is 0 Å². The quantitative estimate of drug-likeness (QED) is 0.742. The molecule has 0 unspecified atom stereocenters. The van der Waals surface area contributed by atoms with Crippen LogP contribution in [-0.2, 0) is 10.0 Å². The van der Waals surface area contributed by atoms with Crippen molar-refractivity contribution in [2.75, 3.05) is 19.6 Å². The van der Waals surface area contributed by atoms with E-state index in [1.165, 1.54) is 11.3 Å². The maximum Gasteiger partial charge on any atom is 0.242 e. The van der Waals surface area contributed by atoms with Gasteiger partial charge >= 0.3 is 0 Å². The average Bonchev–Trinajstić information content (AvgIpc) is 2.68. The molecule has 0 radical (unpaired) electrons. The highest BCUT2D eigenvalue weighted by atomic mass is 79.9. The van der Waals surface area contributed by atoms with Crippen LogP contribution in [0.5, 0.6) is 0 Å². The highest BCUT2D eigenvalue weighted by molar-refractivity contribution is 9.12. The molecule has 0 atom stereocenters. The molecular weight excluding hydrogens is 404 g/mol. The molecule has 0 saturated heterocycles. The molecule has 0 aliphatic carbocycles. The van der Waals surface area contributed by atoms with E-state index in [1.54, 1.807) is 6.07 Å². The Morgan fingerprint density at radius 3 is 2.78 bits per heavy atom. The summed E-state index contributed by atoms with van der Waals surface area (Å²) in [5.74, 6) is 0. The van der Waals surface area contributed by atoms with Gasteiger partial charge in [-0.15, -0.1) is 11.3 Å². The smallest absolute Gasteiger partial charge is 0.242 e. The maximum atomic E-state index is 12.1. The van der Waals surface area contributed by atoms with Crippen LogP contribution in [0.2, 0.25) is 0 Å². The monoisotopic (exact) mass is 414 g/mol. The van der Waals surface area contributed by atoms with Gasteiger partial charge in [0.1, 0.15) is 4.90 Å². The van der Waals surface area contributed by atoms with Gasteiger partial charge in [0.05, 0.1) is 7.57 Å². The summed E-state index contributed by atoms with van der Waals surface area (Å²) < 4.78 is 28.3. The summed E-state index contributed by atoms with van der Waals surface area (Å²) in [6.07, 6.45) is 2.92. The van der Waals surface area contributed by atoms with Gasteiger partial charge in [0.25, 0.3) is 0 Å². The number of rotatable bonds is 4. The molecule has 0 amide bonds. The van der Waals surface area contributed by atoms with Gasteiger partial charge in [-0.25, -0.2) is 13.1 Å². The van der Waals surface area contributed by atoms with Crippen LogP contribution in [0.15, 0.2) is 30.2 Å². The third-order valence-electron chi connectivity index (χ3n) is 2.56. The van der Waals surface area contributed by atoms with E-state index < -0.39 is 10.0 Å². The molecule has 0 saturated carbocycles. The molecule has 0 spiro atoms. The molecule has 0 fully saturated rings. The molecule has 1 aromatic heterocycles. The Balaban J connectivity index is 2.08. The van der Waals surface area contributed by atoms with E-state index in [4.69, 9.17) is 0 Å². The van der Waals surface area contributed by atoms with Gasteiger partial charge in [0.2, 0.25) is 10.0 Å². The minimum atomic E-state index is -3.45. The number of sulfonamides is 1. The zero-order valence-electron chi connectivity index (χ0n) is 9.37. The first-order valence-corrected chi connectivity index (χ1v) is 9.21. The normalized spacial score (nSPS) is 16.7. The molecule has 1 aromatic rings. The van der Waals surface area contributed by atoms with Crippen molar-refractivity contribution < 1.29 is 8.42 Å². The Labute approximate surface area is 127 Å². The van der Waals surface area contributed by atoms with Crippen LogP contribution in [0.1, 0.15) is 6.42 Å². The van der Waals surface area contributed by atoms with Crippen LogP contribution < -0.4 is 10.0 Å². The molecule has 0 aromatic carbocycles. The van der Waals surface area contributed by atoms with Crippen molar-refractivity contribution in [3.05, 3.63) is 25.3 Å².